The molecule has 0 spiro atoms. The van der Waals surface area contributed by atoms with Crippen molar-refractivity contribution in [3.8, 4) is 0 Å². The van der Waals surface area contributed by atoms with Gasteiger partial charge in [-0.1, -0.05) is 25.1 Å². The predicted molar refractivity (Wildman–Crippen MR) is 97.3 cm³/mol. The summed E-state index contributed by atoms with van der Waals surface area (Å²) in [7, 11) is 0. The van der Waals surface area contributed by atoms with Crippen LogP contribution in [0, 0.1) is 0 Å². The predicted octanol–water partition coefficient (Wildman–Crippen LogP) is 1.99. The summed E-state index contributed by atoms with van der Waals surface area (Å²) in [6.07, 6.45) is 3.62. The Morgan fingerprint density at radius 3 is 2.96 bits per heavy atom. The molecule has 5 rings (SSSR count). The van der Waals surface area contributed by atoms with Crippen LogP contribution in [0.4, 0.5) is 5.95 Å². The van der Waals surface area contributed by atoms with E-state index < -0.39 is 0 Å². The fourth-order valence-electron chi connectivity index (χ4n) is 3.48. The van der Waals surface area contributed by atoms with Crippen LogP contribution in [0.25, 0.3) is 11.0 Å². The van der Waals surface area contributed by atoms with Gasteiger partial charge in [0.25, 0.3) is 0 Å². The number of hydrogen-bond acceptors (Lipinski definition) is 6. The van der Waals surface area contributed by atoms with Gasteiger partial charge < -0.3 is 5.32 Å². The standard InChI is InChI=1S/C18H19N7/c1-2-23-11-20-17-22-16(13-6-5-9-19-10-13)25-15-8-4-3-7-14(15)21-18(25)24(17)12-23/h3-10,16H,2,11-12H2,1H3,(H,20,22). The molecule has 1 atom stereocenters. The highest BCUT2D eigenvalue weighted by Crippen LogP contribution is 2.33. The summed E-state index contributed by atoms with van der Waals surface area (Å²) >= 11 is 0. The van der Waals surface area contributed by atoms with E-state index in [9.17, 15) is 0 Å². The molecule has 4 heterocycles. The number of hydrogen-bond donors (Lipinski definition) is 1. The number of guanidine groups is 1. The van der Waals surface area contributed by atoms with Gasteiger partial charge in [-0.15, -0.1) is 0 Å². The zero-order valence-electron chi connectivity index (χ0n) is 14.0. The zero-order valence-corrected chi connectivity index (χ0v) is 14.0. The third-order valence-corrected chi connectivity index (χ3v) is 4.81. The van der Waals surface area contributed by atoms with Crippen LogP contribution in [0.1, 0.15) is 18.7 Å². The molecule has 1 aromatic carbocycles. The number of pyridine rings is 1. The van der Waals surface area contributed by atoms with Gasteiger partial charge in [0.2, 0.25) is 11.9 Å². The Labute approximate surface area is 145 Å². The van der Waals surface area contributed by atoms with Gasteiger partial charge in [-0.05, 0) is 24.7 Å². The molecule has 126 valence electrons. The second kappa shape index (κ2) is 5.56. The smallest absolute Gasteiger partial charge is 0.216 e. The number of aliphatic imine (C=N–C) groups is 1. The molecule has 2 aliphatic rings. The second-order valence-electron chi connectivity index (χ2n) is 6.28. The number of para-hydroxylation sites is 2. The van der Waals surface area contributed by atoms with Crippen LogP contribution in [0.15, 0.2) is 53.8 Å². The molecule has 25 heavy (non-hydrogen) atoms. The number of aromatic nitrogens is 3. The summed E-state index contributed by atoms with van der Waals surface area (Å²) in [5.41, 5.74) is 3.18. The molecular formula is C18H19N7. The number of rotatable bonds is 2. The lowest BCUT2D eigenvalue weighted by Crippen LogP contribution is -2.57. The third-order valence-electron chi connectivity index (χ3n) is 4.81. The first kappa shape index (κ1) is 14.4. The highest BCUT2D eigenvalue weighted by atomic mass is 15.5. The number of nitrogens with one attached hydrogen (secondary N) is 1. The monoisotopic (exact) mass is 333 g/mol. The Morgan fingerprint density at radius 1 is 1.20 bits per heavy atom. The van der Waals surface area contributed by atoms with Crippen molar-refractivity contribution in [3.63, 3.8) is 0 Å². The fraction of sp³-hybridized carbons (Fsp3) is 0.278. The van der Waals surface area contributed by atoms with E-state index >= 15 is 0 Å². The molecular weight excluding hydrogens is 314 g/mol. The Bertz CT molecular complexity index is 946. The molecule has 2 aliphatic heterocycles. The summed E-state index contributed by atoms with van der Waals surface area (Å²) in [6, 6.07) is 12.3. The van der Waals surface area contributed by atoms with Gasteiger partial charge in [0.05, 0.1) is 24.4 Å². The number of nitrogens with zero attached hydrogens (tertiary/aromatic N) is 6. The van der Waals surface area contributed by atoms with Crippen LogP contribution in [0.2, 0.25) is 0 Å². The van der Waals surface area contributed by atoms with Crippen LogP contribution < -0.4 is 10.2 Å². The van der Waals surface area contributed by atoms with E-state index in [1.54, 1.807) is 6.20 Å². The van der Waals surface area contributed by atoms with Gasteiger partial charge in [-0.25, -0.2) is 9.98 Å². The van der Waals surface area contributed by atoms with Crippen molar-refractivity contribution >= 4 is 22.9 Å². The lowest BCUT2D eigenvalue weighted by atomic mass is 10.2. The van der Waals surface area contributed by atoms with Gasteiger partial charge >= 0.3 is 0 Å². The lowest BCUT2D eigenvalue weighted by molar-refractivity contribution is 0.286. The van der Waals surface area contributed by atoms with E-state index in [4.69, 9.17) is 9.98 Å². The van der Waals surface area contributed by atoms with Gasteiger partial charge in [-0.3, -0.25) is 19.4 Å². The molecule has 0 fully saturated rings. The number of anilines is 1. The topological polar surface area (TPSA) is 61.6 Å². The van der Waals surface area contributed by atoms with Crippen LogP contribution in [-0.2, 0) is 0 Å². The van der Waals surface area contributed by atoms with Crippen LogP contribution in [0.3, 0.4) is 0 Å². The van der Waals surface area contributed by atoms with E-state index in [-0.39, 0.29) is 6.17 Å². The van der Waals surface area contributed by atoms with Crippen molar-refractivity contribution in [1.82, 2.24) is 24.8 Å². The molecule has 0 saturated heterocycles. The zero-order chi connectivity index (χ0) is 16.8. The van der Waals surface area contributed by atoms with E-state index in [2.05, 4.69) is 55.9 Å². The van der Waals surface area contributed by atoms with Crippen molar-refractivity contribution < 1.29 is 0 Å². The minimum absolute atomic E-state index is 0.0701. The van der Waals surface area contributed by atoms with E-state index in [1.807, 2.05) is 18.3 Å². The van der Waals surface area contributed by atoms with Crippen LogP contribution >= 0.6 is 0 Å². The molecule has 0 radical (unpaired) electrons. The molecule has 3 aromatic rings. The Hall–Kier alpha value is -2.93. The highest BCUT2D eigenvalue weighted by molar-refractivity contribution is 5.98. The molecule has 7 heteroatoms. The molecule has 0 amide bonds. The highest BCUT2D eigenvalue weighted by Gasteiger charge is 2.35. The lowest BCUT2D eigenvalue weighted by Gasteiger charge is -2.41. The van der Waals surface area contributed by atoms with Crippen molar-refractivity contribution in [2.75, 3.05) is 24.8 Å². The average Bonchev–Trinajstić information content (AvgIpc) is 3.07. The number of benzene rings is 1. The Balaban J connectivity index is 1.73. The second-order valence-corrected chi connectivity index (χ2v) is 6.28. The summed E-state index contributed by atoms with van der Waals surface area (Å²) in [6.45, 7) is 4.60. The Kier molecular flexibility index (Phi) is 3.21. The summed E-state index contributed by atoms with van der Waals surface area (Å²) in [5.74, 6) is 1.80. The molecule has 0 saturated carbocycles. The van der Waals surface area contributed by atoms with Crippen LogP contribution in [0.5, 0.6) is 0 Å². The first-order valence-electron chi connectivity index (χ1n) is 8.53. The van der Waals surface area contributed by atoms with E-state index in [0.717, 1.165) is 41.7 Å². The first-order valence-corrected chi connectivity index (χ1v) is 8.53. The summed E-state index contributed by atoms with van der Waals surface area (Å²) < 4.78 is 2.24. The normalized spacial score (nSPS) is 20.0. The third kappa shape index (κ3) is 2.20. The SMILES string of the molecule is CCN1CN=C2NC(c3cccnc3)n3c(nc4ccccc43)N2C1. The quantitative estimate of drug-likeness (QED) is 0.777. The maximum Gasteiger partial charge on any atom is 0.216 e. The average molecular weight is 333 g/mol. The molecule has 1 unspecified atom stereocenters. The summed E-state index contributed by atoms with van der Waals surface area (Å²) in [4.78, 5) is 18.4. The minimum atomic E-state index is -0.0701. The van der Waals surface area contributed by atoms with Crippen molar-refractivity contribution in [1.29, 1.82) is 0 Å². The largest absolute Gasteiger partial charge is 0.331 e. The molecule has 7 nitrogen and oxygen atoms in total. The molecule has 0 aliphatic carbocycles. The fourth-order valence-corrected chi connectivity index (χ4v) is 3.48. The molecule has 1 N–H and O–H groups in total. The van der Waals surface area contributed by atoms with Crippen LogP contribution in [-0.4, -0.2) is 45.3 Å². The number of imidazole rings is 1. The van der Waals surface area contributed by atoms with Gasteiger partial charge in [0.15, 0.2) is 0 Å². The van der Waals surface area contributed by atoms with Crippen molar-refractivity contribution in [2.24, 2.45) is 4.99 Å². The van der Waals surface area contributed by atoms with Crippen molar-refractivity contribution in [3.05, 3.63) is 54.4 Å². The minimum Gasteiger partial charge on any atom is -0.331 e. The summed E-state index contributed by atoms with van der Waals surface area (Å²) in [5, 5.41) is 3.58. The van der Waals surface area contributed by atoms with Gasteiger partial charge in [0.1, 0.15) is 6.17 Å². The first-order chi connectivity index (χ1) is 12.3. The van der Waals surface area contributed by atoms with Gasteiger partial charge in [0, 0.05) is 18.0 Å². The van der Waals surface area contributed by atoms with E-state index in [1.165, 1.54) is 0 Å². The molecule has 2 aromatic heterocycles. The van der Waals surface area contributed by atoms with E-state index in [0.29, 0.717) is 6.67 Å². The van der Waals surface area contributed by atoms with Crippen molar-refractivity contribution in [2.45, 2.75) is 13.1 Å². The molecule has 0 bridgehead atoms. The maximum atomic E-state index is 4.90. The van der Waals surface area contributed by atoms with Gasteiger partial charge in [-0.2, -0.15) is 0 Å². The maximum absolute atomic E-state index is 4.90. The Morgan fingerprint density at radius 2 is 2.12 bits per heavy atom. The number of fused-ring (bicyclic) bond motifs is 5.